The zero-order chi connectivity index (χ0) is 19.8. The summed E-state index contributed by atoms with van der Waals surface area (Å²) in [6, 6.07) is 22.8. The normalized spacial score (nSPS) is 10.2. The second kappa shape index (κ2) is 9.71. The standard InChI is InChI=1S/C22H17BrO5/c23-19-8-4-5-9-20(19)26-15-21(24)28-18-12-10-17(11-13-18)22(25)27-14-16-6-2-1-3-7-16/h1-13H,14-15H2. The molecule has 3 rings (SSSR count). The Labute approximate surface area is 171 Å². The van der Waals surface area contributed by atoms with Crippen molar-refractivity contribution in [2.45, 2.75) is 6.61 Å². The molecule has 0 unspecified atom stereocenters. The van der Waals surface area contributed by atoms with Crippen LogP contribution in [0.5, 0.6) is 11.5 Å². The lowest BCUT2D eigenvalue weighted by Gasteiger charge is -2.09. The molecule has 0 bridgehead atoms. The van der Waals surface area contributed by atoms with Crippen molar-refractivity contribution in [3.05, 3.63) is 94.5 Å². The molecule has 0 aliphatic carbocycles. The summed E-state index contributed by atoms with van der Waals surface area (Å²) in [7, 11) is 0. The fourth-order valence-corrected chi connectivity index (χ4v) is 2.72. The molecule has 0 heterocycles. The molecular weight excluding hydrogens is 424 g/mol. The summed E-state index contributed by atoms with van der Waals surface area (Å²) in [6.07, 6.45) is 0. The molecule has 0 aliphatic rings. The van der Waals surface area contributed by atoms with E-state index >= 15 is 0 Å². The number of ether oxygens (including phenoxy) is 3. The van der Waals surface area contributed by atoms with E-state index in [9.17, 15) is 9.59 Å². The van der Waals surface area contributed by atoms with Gasteiger partial charge in [-0.15, -0.1) is 0 Å². The first-order valence-electron chi connectivity index (χ1n) is 8.51. The Morgan fingerprint density at radius 1 is 0.821 bits per heavy atom. The maximum absolute atomic E-state index is 12.1. The van der Waals surface area contributed by atoms with Crippen LogP contribution < -0.4 is 9.47 Å². The molecule has 3 aromatic rings. The van der Waals surface area contributed by atoms with Crippen molar-refractivity contribution in [2.75, 3.05) is 6.61 Å². The highest BCUT2D eigenvalue weighted by Crippen LogP contribution is 2.23. The number of halogens is 1. The van der Waals surface area contributed by atoms with E-state index < -0.39 is 11.9 Å². The second-order valence-corrected chi connectivity index (χ2v) is 6.63. The minimum Gasteiger partial charge on any atom is -0.481 e. The highest BCUT2D eigenvalue weighted by atomic mass is 79.9. The van der Waals surface area contributed by atoms with Crippen LogP contribution in [0.3, 0.4) is 0 Å². The Balaban J connectivity index is 1.49. The van der Waals surface area contributed by atoms with Crippen molar-refractivity contribution >= 4 is 27.9 Å². The van der Waals surface area contributed by atoms with E-state index in [1.807, 2.05) is 42.5 Å². The van der Waals surface area contributed by atoms with Crippen LogP contribution in [0.1, 0.15) is 15.9 Å². The molecular formula is C22H17BrO5. The summed E-state index contributed by atoms with van der Waals surface area (Å²) in [6.45, 7) is -0.0354. The number of benzene rings is 3. The number of carbonyl (C=O) groups excluding carboxylic acids is 2. The van der Waals surface area contributed by atoms with E-state index in [0.717, 1.165) is 10.0 Å². The van der Waals surface area contributed by atoms with Gasteiger partial charge in [0.05, 0.1) is 10.0 Å². The van der Waals surface area contributed by atoms with Crippen molar-refractivity contribution < 1.29 is 23.8 Å². The third-order valence-electron chi connectivity index (χ3n) is 3.72. The van der Waals surface area contributed by atoms with Gasteiger partial charge in [0.1, 0.15) is 18.1 Å². The SMILES string of the molecule is O=C(COc1ccccc1Br)Oc1ccc(C(=O)OCc2ccccc2)cc1. The Bertz CT molecular complexity index is 939. The minimum absolute atomic E-state index is 0.197. The van der Waals surface area contributed by atoms with Crippen LogP contribution in [-0.2, 0) is 16.1 Å². The molecule has 0 aliphatic heterocycles. The lowest BCUT2D eigenvalue weighted by Crippen LogP contribution is -2.17. The molecule has 0 aromatic heterocycles. The fourth-order valence-electron chi connectivity index (χ4n) is 2.32. The van der Waals surface area contributed by atoms with Gasteiger partial charge in [0, 0.05) is 0 Å². The van der Waals surface area contributed by atoms with Crippen LogP contribution >= 0.6 is 15.9 Å². The maximum atomic E-state index is 12.1. The molecule has 6 heteroatoms. The zero-order valence-corrected chi connectivity index (χ0v) is 16.4. The lowest BCUT2D eigenvalue weighted by molar-refractivity contribution is -0.136. The number of hydrogen-bond acceptors (Lipinski definition) is 5. The molecule has 0 atom stereocenters. The minimum atomic E-state index is -0.546. The monoisotopic (exact) mass is 440 g/mol. The van der Waals surface area contributed by atoms with E-state index in [2.05, 4.69) is 15.9 Å². The second-order valence-electron chi connectivity index (χ2n) is 5.78. The predicted octanol–water partition coefficient (Wildman–Crippen LogP) is 4.79. The van der Waals surface area contributed by atoms with Crippen LogP contribution in [0.15, 0.2) is 83.3 Å². The van der Waals surface area contributed by atoms with E-state index in [-0.39, 0.29) is 13.2 Å². The number of para-hydroxylation sites is 1. The van der Waals surface area contributed by atoms with Crippen molar-refractivity contribution in [3.63, 3.8) is 0 Å². The molecule has 0 N–H and O–H groups in total. The highest BCUT2D eigenvalue weighted by Gasteiger charge is 2.11. The van der Waals surface area contributed by atoms with Crippen LogP contribution in [0.2, 0.25) is 0 Å². The number of hydrogen-bond donors (Lipinski definition) is 0. The van der Waals surface area contributed by atoms with E-state index in [1.165, 1.54) is 12.1 Å². The lowest BCUT2D eigenvalue weighted by atomic mass is 10.2. The van der Waals surface area contributed by atoms with Gasteiger partial charge in [-0.1, -0.05) is 42.5 Å². The first-order valence-corrected chi connectivity index (χ1v) is 9.30. The predicted molar refractivity (Wildman–Crippen MR) is 107 cm³/mol. The van der Waals surface area contributed by atoms with Crippen molar-refractivity contribution in [1.82, 2.24) is 0 Å². The van der Waals surface area contributed by atoms with E-state index in [1.54, 1.807) is 24.3 Å². The topological polar surface area (TPSA) is 61.8 Å². The Morgan fingerprint density at radius 2 is 1.50 bits per heavy atom. The van der Waals surface area contributed by atoms with Crippen molar-refractivity contribution in [2.24, 2.45) is 0 Å². The van der Waals surface area contributed by atoms with Gasteiger partial charge in [-0.05, 0) is 57.9 Å². The molecule has 0 fully saturated rings. The molecule has 28 heavy (non-hydrogen) atoms. The first kappa shape index (κ1) is 19.6. The quantitative estimate of drug-likeness (QED) is 0.390. The largest absolute Gasteiger partial charge is 0.481 e. The summed E-state index contributed by atoms with van der Waals surface area (Å²) < 4.78 is 16.6. The molecule has 3 aromatic carbocycles. The van der Waals surface area contributed by atoms with Gasteiger partial charge in [-0.3, -0.25) is 0 Å². The van der Waals surface area contributed by atoms with Gasteiger partial charge in [-0.25, -0.2) is 9.59 Å². The molecule has 0 spiro atoms. The molecule has 0 amide bonds. The Hall–Kier alpha value is -3.12. The molecule has 5 nitrogen and oxygen atoms in total. The average molecular weight is 441 g/mol. The van der Waals surface area contributed by atoms with Gasteiger partial charge in [-0.2, -0.15) is 0 Å². The zero-order valence-electron chi connectivity index (χ0n) is 14.8. The fraction of sp³-hybridized carbons (Fsp3) is 0.0909. The Morgan fingerprint density at radius 3 is 2.21 bits per heavy atom. The van der Waals surface area contributed by atoms with Gasteiger partial charge in [0.2, 0.25) is 0 Å². The number of carbonyl (C=O) groups is 2. The maximum Gasteiger partial charge on any atom is 0.349 e. The van der Waals surface area contributed by atoms with Crippen LogP contribution in [0.4, 0.5) is 0 Å². The smallest absolute Gasteiger partial charge is 0.349 e. The van der Waals surface area contributed by atoms with Crippen LogP contribution in [0, 0.1) is 0 Å². The first-order chi connectivity index (χ1) is 13.6. The number of rotatable bonds is 7. The summed E-state index contributed by atoms with van der Waals surface area (Å²) in [5.74, 6) is -0.120. The van der Waals surface area contributed by atoms with Crippen LogP contribution in [0.25, 0.3) is 0 Å². The van der Waals surface area contributed by atoms with Crippen molar-refractivity contribution in [3.8, 4) is 11.5 Å². The number of esters is 2. The Kier molecular flexibility index (Phi) is 6.81. The highest BCUT2D eigenvalue weighted by molar-refractivity contribution is 9.10. The summed E-state index contributed by atoms with van der Waals surface area (Å²) in [5, 5.41) is 0. The summed E-state index contributed by atoms with van der Waals surface area (Å²) in [4.78, 5) is 24.0. The summed E-state index contributed by atoms with van der Waals surface area (Å²) in [5.41, 5.74) is 1.28. The third-order valence-corrected chi connectivity index (χ3v) is 4.37. The van der Waals surface area contributed by atoms with Crippen molar-refractivity contribution in [1.29, 1.82) is 0 Å². The van der Waals surface area contributed by atoms with Gasteiger partial charge in [0.15, 0.2) is 6.61 Å². The van der Waals surface area contributed by atoms with E-state index in [4.69, 9.17) is 14.2 Å². The van der Waals surface area contributed by atoms with Gasteiger partial charge < -0.3 is 14.2 Å². The van der Waals surface area contributed by atoms with Crippen LogP contribution in [-0.4, -0.2) is 18.5 Å². The van der Waals surface area contributed by atoms with Gasteiger partial charge in [0.25, 0.3) is 0 Å². The van der Waals surface area contributed by atoms with Gasteiger partial charge >= 0.3 is 11.9 Å². The molecule has 0 saturated carbocycles. The molecule has 0 radical (unpaired) electrons. The molecule has 142 valence electrons. The third kappa shape index (κ3) is 5.69. The van der Waals surface area contributed by atoms with E-state index in [0.29, 0.717) is 17.1 Å². The average Bonchev–Trinajstić information content (AvgIpc) is 2.73. The summed E-state index contributed by atoms with van der Waals surface area (Å²) >= 11 is 3.34. The molecule has 0 saturated heterocycles.